The molecule has 1 aromatic carbocycles. The van der Waals surface area contributed by atoms with Crippen LogP contribution in [0.2, 0.25) is 0 Å². The highest BCUT2D eigenvalue weighted by molar-refractivity contribution is 6.09. The molecule has 2 aromatic rings. The molecular weight excluding hydrogens is 370 g/mol. The number of anilines is 1. The average molecular weight is 406 g/mol. The van der Waals surface area contributed by atoms with Crippen LogP contribution in [0, 0.1) is 11.8 Å². The molecule has 2 aliphatic rings. The van der Waals surface area contributed by atoms with Crippen molar-refractivity contribution in [2.45, 2.75) is 51.5 Å². The lowest BCUT2D eigenvalue weighted by Gasteiger charge is -2.35. The van der Waals surface area contributed by atoms with Crippen molar-refractivity contribution >= 4 is 17.2 Å². The summed E-state index contributed by atoms with van der Waals surface area (Å²) < 4.78 is 0. The van der Waals surface area contributed by atoms with Crippen molar-refractivity contribution in [2.75, 3.05) is 25.4 Å². The predicted octanol–water partition coefficient (Wildman–Crippen LogP) is 4.26. The summed E-state index contributed by atoms with van der Waals surface area (Å²) >= 11 is 0. The van der Waals surface area contributed by atoms with Crippen molar-refractivity contribution in [2.24, 2.45) is 21.8 Å². The molecule has 4 rings (SSSR count). The maximum atomic E-state index is 6.23. The quantitative estimate of drug-likeness (QED) is 0.517. The zero-order valence-electron chi connectivity index (χ0n) is 18.1. The Morgan fingerprint density at radius 2 is 1.97 bits per heavy atom. The van der Waals surface area contributed by atoms with Crippen molar-refractivity contribution in [3.8, 4) is 0 Å². The third kappa shape index (κ3) is 5.39. The van der Waals surface area contributed by atoms with Gasteiger partial charge in [0.15, 0.2) is 0 Å². The number of aliphatic imine (C=N–C) groups is 2. The summed E-state index contributed by atoms with van der Waals surface area (Å²) in [7, 11) is 0. The van der Waals surface area contributed by atoms with E-state index in [0.29, 0.717) is 17.9 Å². The fourth-order valence-corrected chi connectivity index (χ4v) is 4.89. The summed E-state index contributed by atoms with van der Waals surface area (Å²) in [6.07, 6.45) is 9.04. The van der Waals surface area contributed by atoms with Gasteiger partial charge in [-0.1, -0.05) is 30.3 Å². The molecule has 0 amide bonds. The molecule has 2 heterocycles. The number of hydrogen-bond donors (Lipinski definition) is 3. The average Bonchev–Trinajstić information content (AvgIpc) is 3.50. The summed E-state index contributed by atoms with van der Waals surface area (Å²) in [6, 6.07) is 13.5. The first kappa shape index (κ1) is 20.9. The summed E-state index contributed by atoms with van der Waals surface area (Å²) in [6.45, 7) is 4.90. The topological polar surface area (TPSA) is 78.6 Å². The first-order valence-corrected chi connectivity index (χ1v) is 11.5. The van der Waals surface area contributed by atoms with E-state index in [2.05, 4.69) is 58.6 Å². The van der Waals surface area contributed by atoms with Gasteiger partial charge in [-0.2, -0.15) is 0 Å². The van der Waals surface area contributed by atoms with E-state index in [1.165, 1.54) is 42.7 Å². The lowest BCUT2D eigenvalue weighted by molar-refractivity contribution is 0.257. The minimum Gasteiger partial charge on any atom is -0.385 e. The van der Waals surface area contributed by atoms with Gasteiger partial charge in [0.2, 0.25) is 0 Å². The number of nitrogens with two attached hydrogens (primary N) is 1. The van der Waals surface area contributed by atoms with Crippen LogP contribution < -0.4 is 11.1 Å². The molecule has 0 spiro atoms. The van der Waals surface area contributed by atoms with Crippen LogP contribution in [0.5, 0.6) is 0 Å². The molecule has 1 saturated carbocycles. The van der Waals surface area contributed by atoms with Crippen LogP contribution in [0.1, 0.15) is 50.2 Å². The highest BCUT2D eigenvalue weighted by Crippen LogP contribution is 2.36. The largest absolute Gasteiger partial charge is 0.385 e. The van der Waals surface area contributed by atoms with E-state index >= 15 is 0 Å². The van der Waals surface area contributed by atoms with Gasteiger partial charge in [-0.15, -0.1) is 0 Å². The van der Waals surface area contributed by atoms with Crippen LogP contribution in [0.3, 0.4) is 0 Å². The molecular formula is C25H35N5. The summed E-state index contributed by atoms with van der Waals surface area (Å²) in [4.78, 5) is 12.5. The standard InChI is InChI=1S/C25H35N5/c1-2-27-24(22-13-15-29-25(22)26)23(16-21-17-30-21)19-8-10-20(11-9-19)28-14-12-18-6-4-3-5-7-18/h3-7,13,15,19-20,23,28-29H,2,8-12,14,16-17,26H2,1H3. The van der Waals surface area contributed by atoms with Crippen LogP contribution in [0.25, 0.3) is 0 Å². The van der Waals surface area contributed by atoms with Crippen molar-refractivity contribution in [1.82, 2.24) is 10.3 Å². The number of aromatic nitrogens is 1. The normalized spacial score (nSPS) is 22.6. The Balaban J connectivity index is 1.36. The van der Waals surface area contributed by atoms with Crippen molar-refractivity contribution < 1.29 is 0 Å². The molecule has 0 saturated heterocycles. The van der Waals surface area contributed by atoms with Crippen molar-refractivity contribution in [1.29, 1.82) is 0 Å². The molecule has 0 radical (unpaired) electrons. The number of nitrogens with one attached hydrogen (secondary N) is 2. The van der Waals surface area contributed by atoms with Gasteiger partial charge in [-0.05, 0) is 69.5 Å². The monoisotopic (exact) mass is 405 g/mol. The van der Waals surface area contributed by atoms with Crippen molar-refractivity contribution in [3.05, 3.63) is 53.7 Å². The molecule has 1 aliphatic carbocycles. The van der Waals surface area contributed by atoms with E-state index in [0.717, 1.165) is 43.9 Å². The van der Waals surface area contributed by atoms with Crippen LogP contribution >= 0.6 is 0 Å². The smallest absolute Gasteiger partial charge is 0.109 e. The number of H-pyrrole nitrogens is 1. The van der Waals surface area contributed by atoms with E-state index in [1.807, 2.05) is 6.20 Å². The molecule has 1 unspecified atom stereocenters. The van der Waals surface area contributed by atoms with Gasteiger partial charge in [0, 0.05) is 41.7 Å². The summed E-state index contributed by atoms with van der Waals surface area (Å²) in [5.74, 6) is 1.82. The van der Waals surface area contributed by atoms with Gasteiger partial charge in [0.1, 0.15) is 5.82 Å². The molecule has 160 valence electrons. The molecule has 1 fully saturated rings. The molecule has 1 aromatic heterocycles. The Morgan fingerprint density at radius 1 is 1.20 bits per heavy atom. The third-order valence-electron chi connectivity index (χ3n) is 6.60. The Morgan fingerprint density at radius 3 is 2.60 bits per heavy atom. The highest BCUT2D eigenvalue weighted by Gasteiger charge is 2.34. The Hall–Kier alpha value is -2.40. The van der Waals surface area contributed by atoms with E-state index in [9.17, 15) is 0 Å². The first-order chi connectivity index (χ1) is 14.7. The maximum absolute atomic E-state index is 6.23. The second kappa shape index (κ2) is 10.1. The second-order valence-corrected chi connectivity index (χ2v) is 8.66. The number of aromatic amines is 1. The Labute approximate surface area is 180 Å². The van der Waals surface area contributed by atoms with Crippen LogP contribution in [-0.4, -0.2) is 42.1 Å². The van der Waals surface area contributed by atoms with E-state index in [1.54, 1.807) is 0 Å². The van der Waals surface area contributed by atoms with Crippen LogP contribution in [-0.2, 0) is 6.42 Å². The van der Waals surface area contributed by atoms with Crippen molar-refractivity contribution in [3.63, 3.8) is 0 Å². The van der Waals surface area contributed by atoms with E-state index in [-0.39, 0.29) is 0 Å². The number of nitrogen functional groups attached to an aromatic ring is 1. The molecule has 0 bridgehead atoms. The minimum absolute atomic E-state index is 0.426. The lowest BCUT2D eigenvalue weighted by Crippen LogP contribution is -2.37. The summed E-state index contributed by atoms with van der Waals surface area (Å²) in [5, 5.41) is 3.79. The third-order valence-corrected chi connectivity index (χ3v) is 6.60. The molecule has 4 N–H and O–H groups in total. The van der Waals surface area contributed by atoms with Gasteiger partial charge in [0.05, 0.1) is 6.54 Å². The van der Waals surface area contributed by atoms with Gasteiger partial charge in [-0.3, -0.25) is 9.98 Å². The Kier molecular flexibility index (Phi) is 7.00. The molecule has 1 aliphatic heterocycles. The molecule has 1 atom stereocenters. The lowest BCUT2D eigenvalue weighted by atomic mass is 9.73. The van der Waals surface area contributed by atoms with E-state index < -0.39 is 0 Å². The molecule has 5 heteroatoms. The van der Waals surface area contributed by atoms with Crippen LogP contribution in [0.15, 0.2) is 52.6 Å². The van der Waals surface area contributed by atoms with Crippen LogP contribution in [0.4, 0.5) is 5.82 Å². The number of rotatable bonds is 10. The minimum atomic E-state index is 0.426. The number of hydrogen-bond acceptors (Lipinski definition) is 4. The van der Waals surface area contributed by atoms with Gasteiger partial charge in [-0.25, -0.2) is 0 Å². The zero-order chi connectivity index (χ0) is 20.8. The zero-order valence-corrected chi connectivity index (χ0v) is 18.1. The highest BCUT2D eigenvalue weighted by atomic mass is 14.9. The maximum Gasteiger partial charge on any atom is 0.109 e. The fraction of sp³-hybridized carbons (Fsp3) is 0.520. The number of benzene rings is 1. The summed E-state index contributed by atoms with van der Waals surface area (Å²) in [5.41, 5.74) is 11.3. The van der Waals surface area contributed by atoms with Gasteiger partial charge >= 0.3 is 0 Å². The molecule has 5 nitrogen and oxygen atoms in total. The van der Waals surface area contributed by atoms with Gasteiger partial charge < -0.3 is 16.0 Å². The SMILES string of the molecule is CCN=C(c1cc[nH]c1N)C(CC1=NC1)C1CCC(NCCc2ccccc2)CC1. The first-order valence-electron chi connectivity index (χ1n) is 11.5. The van der Waals surface area contributed by atoms with E-state index in [4.69, 9.17) is 10.7 Å². The fourth-order valence-electron chi connectivity index (χ4n) is 4.89. The number of nitrogens with zero attached hydrogens (tertiary/aromatic N) is 2. The second-order valence-electron chi connectivity index (χ2n) is 8.66. The Bertz CT molecular complexity index is 859. The predicted molar refractivity (Wildman–Crippen MR) is 127 cm³/mol. The van der Waals surface area contributed by atoms with Gasteiger partial charge in [0.25, 0.3) is 0 Å². The molecule has 30 heavy (non-hydrogen) atoms.